The second kappa shape index (κ2) is 30.0. The number of nitriles is 1. The molecule has 384 valence electrons. The molecule has 0 bridgehead atoms. The Bertz CT molecular complexity index is 2350. The van der Waals surface area contributed by atoms with Gasteiger partial charge in [-0.1, -0.05) is 115 Å². The van der Waals surface area contributed by atoms with Crippen molar-refractivity contribution in [3.05, 3.63) is 167 Å². The summed E-state index contributed by atoms with van der Waals surface area (Å²) in [5.74, 6) is -0.0317. The summed E-state index contributed by atoms with van der Waals surface area (Å²) >= 11 is 0. The van der Waals surface area contributed by atoms with Crippen LogP contribution in [-0.2, 0) is 51.3 Å². The third-order valence-electron chi connectivity index (χ3n) is 12.0. The van der Waals surface area contributed by atoms with Crippen molar-refractivity contribution in [2.75, 3.05) is 60.8 Å². The van der Waals surface area contributed by atoms with Gasteiger partial charge in [0.1, 0.15) is 29.2 Å². The van der Waals surface area contributed by atoms with E-state index < -0.39 is 38.1 Å². The fraction of sp³-hybridized carbons (Fsp3) is 0.404. The standard InChI is InChI=1S/C57H72N5O9P/c1-43(2)62(44(3)4)72(70-38-17-34-58)71-39-19-36-61(42-54(63)59-52(40-45-20-11-8-12-21-45)55(64)60-53(56(65)68-7)41-46-22-13-9-14-23-46)35-18-37-69-57(47-24-15-10-16-25-47,48-26-30-50(66-5)31-27-48)49-28-32-51(67-6)33-29-49/h8-16,20-33,43-44,52-53H,17-19,35-42H2,1-7H3,(H,59,63)(H,60,64)/t52-,53-,72?/m0/s1. The molecule has 0 fully saturated rings. The molecule has 0 saturated carbocycles. The van der Waals surface area contributed by atoms with E-state index in [1.165, 1.54) is 7.11 Å². The number of carbonyl (C=O) groups is 3. The van der Waals surface area contributed by atoms with E-state index in [0.717, 1.165) is 39.3 Å². The molecule has 5 rings (SSSR count). The fourth-order valence-electron chi connectivity index (χ4n) is 8.56. The summed E-state index contributed by atoms with van der Waals surface area (Å²) in [6.07, 6.45) is 1.73. The molecule has 0 aliphatic rings. The summed E-state index contributed by atoms with van der Waals surface area (Å²) in [6, 6.07) is 45.1. The van der Waals surface area contributed by atoms with Gasteiger partial charge in [-0.3, -0.25) is 14.5 Å². The number of hydrogen-bond acceptors (Lipinski definition) is 12. The Kier molecular flexibility index (Phi) is 23.6. The van der Waals surface area contributed by atoms with Crippen molar-refractivity contribution in [3.8, 4) is 17.6 Å². The molecule has 0 aliphatic heterocycles. The molecule has 5 aromatic rings. The van der Waals surface area contributed by atoms with Gasteiger partial charge in [0.2, 0.25) is 11.8 Å². The van der Waals surface area contributed by atoms with Crippen LogP contribution in [0.2, 0.25) is 0 Å². The van der Waals surface area contributed by atoms with E-state index in [-0.39, 0.29) is 50.4 Å². The predicted molar refractivity (Wildman–Crippen MR) is 281 cm³/mol. The molecule has 1 unspecified atom stereocenters. The topological polar surface area (TPSA) is 161 Å². The molecule has 0 aromatic heterocycles. The van der Waals surface area contributed by atoms with Crippen LogP contribution in [0.3, 0.4) is 0 Å². The van der Waals surface area contributed by atoms with Crippen LogP contribution in [0.15, 0.2) is 140 Å². The largest absolute Gasteiger partial charge is 0.497 e. The average molecular weight is 1000 g/mol. The first-order chi connectivity index (χ1) is 34.9. The molecule has 0 spiro atoms. The van der Waals surface area contributed by atoms with Crippen molar-refractivity contribution in [2.24, 2.45) is 0 Å². The minimum atomic E-state index is -1.46. The van der Waals surface area contributed by atoms with Gasteiger partial charge in [-0.05, 0) is 92.6 Å². The second-order valence-electron chi connectivity index (χ2n) is 17.8. The summed E-state index contributed by atoms with van der Waals surface area (Å²) in [7, 11) is 3.10. The molecule has 72 heavy (non-hydrogen) atoms. The quantitative estimate of drug-likeness (QED) is 0.0188. The van der Waals surface area contributed by atoms with Gasteiger partial charge < -0.3 is 38.6 Å². The van der Waals surface area contributed by atoms with E-state index in [4.69, 9.17) is 28.0 Å². The molecule has 2 N–H and O–H groups in total. The highest BCUT2D eigenvalue weighted by atomic mass is 31.2. The van der Waals surface area contributed by atoms with Gasteiger partial charge in [0.05, 0.1) is 53.6 Å². The van der Waals surface area contributed by atoms with E-state index in [1.54, 1.807) is 14.2 Å². The minimum Gasteiger partial charge on any atom is -0.497 e. The minimum absolute atomic E-state index is 0.0403. The van der Waals surface area contributed by atoms with E-state index in [0.29, 0.717) is 39.1 Å². The van der Waals surface area contributed by atoms with Crippen molar-refractivity contribution in [1.82, 2.24) is 20.2 Å². The Morgan fingerprint density at radius 3 is 1.57 bits per heavy atom. The third-order valence-corrected chi connectivity index (χ3v) is 14.1. The zero-order valence-corrected chi connectivity index (χ0v) is 43.7. The van der Waals surface area contributed by atoms with Gasteiger partial charge in [0.15, 0.2) is 0 Å². The molecule has 0 saturated heterocycles. The Morgan fingerprint density at radius 2 is 1.08 bits per heavy atom. The SMILES string of the molecule is COC(=O)[C@H](Cc1ccccc1)NC(=O)[C@H](Cc1ccccc1)NC(=O)CN(CCCOP(OCCC#N)N(C(C)C)C(C)C)CCCOC(c1ccccc1)(c1ccc(OC)cc1)c1ccc(OC)cc1. The lowest BCUT2D eigenvalue weighted by Crippen LogP contribution is -2.54. The third kappa shape index (κ3) is 17.0. The first-order valence-corrected chi connectivity index (χ1v) is 25.7. The Balaban J connectivity index is 1.40. The molecule has 2 amide bonds. The number of esters is 1. The summed E-state index contributed by atoms with van der Waals surface area (Å²) in [6.45, 7) is 10.1. The van der Waals surface area contributed by atoms with Gasteiger partial charge >= 0.3 is 5.97 Å². The van der Waals surface area contributed by atoms with E-state index in [2.05, 4.69) is 61.2 Å². The van der Waals surface area contributed by atoms with Crippen molar-refractivity contribution >= 4 is 26.3 Å². The molecule has 15 heteroatoms. The van der Waals surface area contributed by atoms with Gasteiger partial charge in [0.25, 0.3) is 8.53 Å². The van der Waals surface area contributed by atoms with Crippen LogP contribution in [0.5, 0.6) is 11.5 Å². The van der Waals surface area contributed by atoms with Gasteiger partial charge in [0, 0.05) is 44.6 Å². The Labute approximate surface area is 427 Å². The maximum Gasteiger partial charge on any atom is 0.328 e. The number of amides is 2. The van der Waals surface area contributed by atoms with Crippen molar-refractivity contribution in [2.45, 2.75) is 89.6 Å². The van der Waals surface area contributed by atoms with Gasteiger partial charge in [-0.2, -0.15) is 5.26 Å². The zero-order chi connectivity index (χ0) is 51.7. The highest BCUT2D eigenvalue weighted by Crippen LogP contribution is 2.46. The monoisotopic (exact) mass is 1000 g/mol. The number of methoxy groups -OCH3 is 3. The maximum atomic E-state index is 14.3. The van der Waals surface area contributed by atoms with E-state index >= 15 is 0 Å². The summed E-state index contributed by atoms with van der Waals surface area (Å²) in [4.78, 5) is 43.6. The summed E-state index contributed by atoms with van der Waals surface area (Å²) in [5.41, 5.74) is 3.39. The number of ether oxygens (including phenoxy) is 4. The van der Waals surface area contributed by atoms with Crippen LogP contribution in [0.25, 0.3) is 0 Å². The zero-order valence-electron chi connectivity index (χ0n) is 42.8. The molecule has 0 aliphatic carbocycles. The van der Waals surface area contributed by atoms with E-state index in [9.17, 15) is 19.6 Å². The number of hydrogen-bond donors (Lipinski definition) is 2. The Hall–Kier alpha value is -6.17. The lowest BCUT2D eigenvalue weighted by Gasteiger charge is -2.36. The average Bonchev–Trinajstić information content (AvgIpc) is 3.39. The molecule has 3 atom stereocenters. The number of nitrogens with zero attached hydrogens (tertiary/aromatic N) is 3. The van der Waals surface area contributed by atoms with Crippen LogP contribution < -0.4 is 20.1 Å². The van der Waals surface area contributed by atoms with Crippen LogP contribution in [-0.4, -0.2) is 112 Å². The highest BCUT2D eigenvalue weighted by molar-refractivity contribution is 7.44. The number of benzene rings is 5. The molecule has 0 radical (unpaired) electrons. The molecule has 5 aromatic carbocycles. The fourth-order valence-corrected chi connectivity index (χ4v) is 10.2. The van der Waals surface area contributed by atoms with Crippen LogP contribution in [0.4, 0.5) is 0 Å². The molecule has 0 heterocycles. The summed E-state index contributed by atoms with van der Waals surface area (Å²) < 4.78 is 38.1. The normalized spacial score (nSPS) is 12.8. The van der Waals surface area contributed by atoms with Gasteiger partial charge in [-0.15, -0.1) is 0 Å². The summed E-state index contributed by atoms with van der Waals surface area (Å²) in [5, 5.41) is 15.1. The lowest BCUT2D eigenvalue weighted by molar-refractivity contribution is -0.145. The lowest BCUT2D eigenvalue weighted by atomic mass is 9.80. The van der Waals surface area contributed by atoms with Crippen molar-refractivity contribution in [3.63, 3.8) is 0 Å². The molecular weight excluding hydrogens is 930 g/mol. The maximum absolute atomic E-state index is 14.3. The van der Waals surface area contributed by atoms with Crippen LogP contribution in [0.1, 0.15) is 74.8 Å². The van der Waals surface area contributed by atoms with Crippen molar-refractivity contribution in [1.29, 1.82) is 5.26 Å². The smallest absolute Gasteiger partial charge is 0.328 e. The first kappa shape index (κ1) is 56.7. The molecule has 14 nitrogen and oxygen atoms in total. The number of nitrogens with one attached hydrogen (secondary N) is 2. The number of rotatable bonds is 31. The van der Waals surface area contributed by atoms with E-state index in [1.807, 2.05) is 132 Å². The van der Waals surface area contributed by atoms with Crippen molar-refractivity contribution < 1.29 is 42.4 Å². The Morgan fingerprint density at radius 1 is 0.611 bits per heavy atom. The van der Waals surface area contributed by atoms with Crippen LogP contribution >= 0.6 is 8.53 Å². The number of carbonyl (C=O) groups excluding carboxylic acids is 3. The van der Waals surface area contributed by atoms with Gasteiger partial charge in [-0.25, -0.2) is 9.46 Å². The van der Waals surface area contributed by atoms with Crippen LogP contribution in [0, 0.1) is 11.3 Å². The second-order valence-corrected chi connectivity index (χ2v) is 19.3. The predicted octanol–water partition coefficient (Wildman–Crippen LogP) is 9.02. The molecular formula is C57H72N5O9P. The first-order valence-electron chi connectivity index (χ1n) is 24.6. The highest BCUT2D eigenvalue weighted by Gasteiger charge is 2.38.